The molecule has 4 heteroatoms. The maximum atomic E-state index is 11.4. The summed E-state index contributed by atoms with van der Waals surface area (Å²) in [5.74, 6) is -0.389. The van der Waals surface area contributed by atoms with Gasteiger partial charge in [0.2, 0.25) is 0 Å². The molecule has 1 N–H and O–H groups in total. The second-order valence-electron chi connectivity index (χ2n) is 2.89. The molecule has 0 unspecified atom stereocenters. The van der Waals surface area contributed by atoms with Gasteiger partial charge in [0, 0.05) is 16.6 Å². The Bertz CT molecular complexity index is 490. The molecule has 2 rings (SSSR count). The molecule has 1 heterocycles. The molecule has 1 aromatic heterocycles. The first-order chi connectivity index (χ1) is 6.72. The molecule has 72 valence electrons. The SMILES string of the molecule is COC(=O)c1cc(Cl)cc2cc[nH]c12. The van der Waals surface area contributed by atoms with Crippen LogP contribution in [0.5, 0.6) is 0 Å². The smallest absolute Gasteiger partial charge is 0.340 e. The number of aromatic amines is 1. The Morgan fingerprint density at radius 1 is 1.50 bits per heavy atom. The van der Waals surface area contributed by atoms with Crippen molar-refractivity contribution in [3.8, 4) is 0 Å². The average molecular weight is 210 g/mol. The van der Waals surface area contributed by atoms with Crippen LogP contribution in [0.2, 0.25) is 5.02 Å². The number of carbonyl (C=O) groups excluding carboxylic acids is 1. The third-order valence-electron chi connectivity index (χ3n) is 2.03. The minimum Gasteiger partial charge on any atom is -0.465 e. The number of benzene rings is 1. The number of nitrogens with one attached hydrogen (secondary N) is 1. The first-order valence-corrected chi connectivity index (χ1v) is 4.45. The lowest BCUT2D eigenvalue weighted by Crippen LogP contribution is -2.01. The number of ether oxygens (including phenoxy) is 1. The molecule has 0 fully saturated rings. The number of aromatic nitrogens is 1. The second kappa shape index (κ2) is 3.35. The number of hydrogen-bond acceptors (Lipinski definition) is 2. The number of halogens is 1. The van der Waals surface area contributed by atoms with Crippen LogP contribution in [0.25, 0.3) is 10.9 Å². The van der Waals surface area contributed by atoms with E-state index in [-0.39, 0.29) is 5.97 Å². The van der Waals surface area contributed by atoms with Crippen molar-refractivity contribution in [2.45, 2.75) is 0 Å². The number of methoxy groups -OCH3 is 1. The van der Waals surface area contributed by atoms with Crippen molar-refractivity contribution in [1.29, 1.82) is 0 Å². The maximum absolute atomic E-state index is 11.4. The van der Waals surface area contributed by atoms with E-state index in [1.54, 1.807) is 18.3 Å². The van der Waals surface area contributed by atoms with Gasteiger partial charge in [-0.25, -0.2) is 4.79 Å². The topological polar surface area (TPSA) is 42.1 Å². The van der Waals surface area contributed by atoms with Gasteiger partial charge in [-0.15, -0.1) is 0 Å². The summed E-state index contributed by atoms with van der Waals surface area (Å²) in [6.45, 7) is 0. The Balaban J connectivity index is 2.72. The molecule has 14 heavy (non-hydrogen) atoms. The van der Waals surface area contributed by atoms with Gasteiger partial charge in [-0.1, -0.05) is 11.6 Å². The van der Waals surface area contributed by atoms with E-state index in [1.165, 1.54) is 7.11 Å². The quantitative estimate of drug-likeness (QED) is 0.734. The van der Waals surface area contributed by atoms with Crippen molar-refractivity contribution in [3.05, 3.63) is 35.0 Å². The number of carbonyl (C=O) groups is 1. The monoisotopic (exact) mass is 209 g/mol. The summed E-state index contributed by atoms with van der Waals surface area (Å²) in [4.78, 5) is 14.3. The minimum atomic E-state index is -0.389. The van der Waals surface area contributed by atoms with Crippen LogP contribution < -0.4 is 0 Å². The highest BCUT2D eigenvalue weighted by molar-refractivity contribution is 6.32. The maximum Gasteiger partial charge on any atom is 0.340 e. The van der Waals surface area contributed by atoms with Gasteiger partial charge in [0.15, 0.2) is 0 Å². The number of rotatable bonds is 1. The third-order valence-corrected chi connectivity index (χ3v) is 2.25. The van der Waals surface area contributed by atoms with Crippen LogP contribution >= 0.6 is 11.6 Å². The lowest BCUT2D eigenvalue weighted by Gasteiger charge is -2.01. The Hall–Kier alpha value is -1.48. The zero-order valence-corrected chi connectivity index (χ0v) is 8.26. The van der Waals surface area contributed by atoms with Crippen molar-refractivity contribution < 1.29 is 9.53 Å². The van der Waals surface area contributed by atoms with Gasteiger partial charge in [-0.3, -0.25) is 0 Å². The van der Waals surface area contributed by atoms with Gasteiger partial charge in [-0.05, 0) is 18.2 Å². The Kier molecular flexibility index (Phi) is 2.17. The van der Waals surface area contributed by atoms with E-state index >= 15 is 0 Å². The van der Waals surface area contributed by atoms with E-state index < -0.39 is 0 Å². The molecule has 2 aromatic rings. The van der Waals surface area contributed by atoms with Crippen LogP contribution in [0.15, 0.2) is 24.4 Å². The lowest BCUT2D eigenvalue weighted by molar-refractivity contribution is 0.0603. The zero-order valence-electron chi connectivity index (χ0n) is 7.50. The van der Waals surface area contributed by atoms with Crippen LogP contribution in [0, 0.1) is 0 Å². The summed E-state index contributed by atoms with van der Waals surface area (Å²) in [5, 5.41) is 1.43. The average Bonchev–Trinajstić information content (AvgIpc) is 2.62. The van der Waals surface area contributed by atoms with Gasteiger partial charge in [0.1, 0.15) is 0 Å². The molecule has 0 bridgehead atoms. The molecule has 0 amide bonds. The molecule has 0 aliphatic carbocycles. The highest BCUT2D eigenvalue weighted by Crippen LogP contribution is 2.23. The molecule has 1 aromatic carbocycles. The minimum absolute atomic E-state index is 0.389. The fraction of sp³-hybridized carbons (Fsp3) is 0.100. The van der Waals surface area contributed by atoms with Crippen molar-refractivity contribution in [2.75, 3.05) is 7.11 Å². The van der Waals surface area contributed by atoms with E-state index in [2.05, 4.69) is 9.72 Å². The van der Waals surface area contributed by atoms with Gasteiger partial charge in [0.25, 0.3) is 0 Å². The number of esters is 1. The Morgan fingerprint density at radius 3 is 3.00 bits per heavy atom. The molecule has 3 nitrogen and oxygen atoms in total. The molecule has 0 aliphatic rings. The predicted molar refractivity (Wildman–Crippen MR) is 54.6 cm³/mol. The first kappa shape index (κ1) is 9.09. The van der Waals surface area contributed by atoms with E-state index in [0.717, 1.165) is 10.9 Å². The molecule has 0 aliphatic heterocycles. The molecule has 0 atom stereocenters. The highest BCUT2D eigenvalue weighted by Gasteiger charge is 2.12. The van der Waals surface area contributed by atoms with E-state index in [9.17, 15) is 4.79 Å². The van der Waals surface area contributed by atoms with Gasteiger partial charge in [0.05, 0.1) is 18.2 Å². The van der Waals surface area contributed by atoms with E-state index in [1.807, 2.05) is 6.07 Å². The normalized spacial score (nSPS) is 10.4. The van der Waals surface area contributed by atoms with Gasteiger partial charge < -0.3 is 9.72 Å². The van der Waals surface area contributed by atoms with Crippen molar-refractivity contribution in [3.63, 3.8) is 0 Å². The summed E-state index contributed by atoms with van der Waals surface area (Å²) in [6.07, 6.45) is 1.76. The molecule has 0 saturated carbocycles. The molecular formula is C10H8ClNO2. The summed E-state index contributed by atoms with van der Waals surface area (Å²) in [5.41, 5.74) is 1.21. The van der Waals surface area contributed by atoms with Crippen LogP contribution in [0.4, 0.5) is 0 Å². The number of hydrogen-bond donors (Lipinski definition) is 1. The summed E-state index contributed by atoms with van der Waals surface area (Å²) >= 11 is 5.86. The van der Waals surface area contributed by atoms with Crippen molar-refractivity contribution in [2.24, 2.45) is 0 Å². The summed E-state index contributed by atoms with van der Waals surface area (Å²) in [7, 11) is 1.35. The van der Waals surface area contributed by atoms with Gasteiger partial charge >= 0.3 is 5.97 Å². The highest BCUT2D eigenvalue weighted by atomic mass is 35.5. The largest absolute Gasteiger partial charge is 0.465 e. The van der Waals surface area contributed by atoms with Crippen LogP contribution in [-0.4, -0.2) is 18.1 Å². The Morgan fingerprint density at radius 2 is 2.29 bits per heavy atom. The van der Waals surface area contributed by atoms with Gasteiger partial charge in [-0.2, -0.15) is 0 Å². The van der Waals surface area contributed by atoms with E-state index in [0.29, 0.717) is 10.6 Å². The van der Waals surface area contributed by atoms with Crippen LogP contribution in [-0.2, 0) is 4.74 Å². The molecule has 0 spiro atoms. The standard InChI is InChI=1S/C10H8ClNO2/c1-14-10(13)8-5-7(11)4-6-2-3-12-9(6)8/h2-5,12H,1H3. The summed E-state index contributed by atoms with van der Waals surface area (Å²) < 4.78 is 4.65. The fourth-order valence-electron chi connectivity index (χ4n) is 1.41. The van der Waals surface area contributed by atoms with Crippen molar-refractivity contribution >= 4 is 28.5 Å². The van der Waals surface area contributed by atoms with Crippen LogP contribution in [0.3, 0.4) is 0 Å². The zero-order chi connectivity index (χ0) is 10.1. The second-order valence-corrected chi connectivity index (χ2v) is 3.32. The first-order valence-electron chi connectivity index (χ1n) is 4.07. The number of fused-ring (bicyclic) bond motifs is 1. The van der Waals surface area contributed by atoms with E-state index in [4.69, 9.17) is 11.6 Å². The molecular weight excluding hydrogens is 202 g/mol. The molecule has 0 radical (unpaired) electrons. The number of H-pyrrole nitrogens is 1. The molecule has 0 saturated heterocycles. The lowest BCUT2D eigenvalue weighted by atomic mass is 10.1. The fourth-order valence-corrected chi connectivity index (χ4v) is 1.63. The Labute approximate surface area is 85.6 Å². The summed E-state index contributed by atoms with van der Waals surface area (Å²) in [6, 6.07) is 5.24. The predicted octanol–water partition coefficient (Wildman–Crippen LogP) is 2.61. The van der Waals surface area contributed by atoms with Crippen LogP contribution in [0.1, 0.15) is 10.4 Å². The van der Waals surface area contributed by atoms with Crippen molar-refractivity contribution in [1.82, 2.24) is 4.98 Å². The third kappa shape index (κ3) is 1.36.